The second-order valence-corrected chi connectivity index (χ2v) is 8.48. The molecule has 0 unspecified atom stereocenters. The van der Waals surface area contributed by atoms with E-state index in [1.807, 2.05) is 0 Å². The van der Waals surface area contributed by atoms with Gasteiger partial charge in [-0.05, 0) is 98.6 Å². The number of rotatable bonds is 11. The molecular weight excluding hydrogens is 356 g/mol. The van der Waals surface area contributed by atoms with Gasteiger partial charge in [-0.2, -0.15) is 0 Å². The van der Waals surface area contributed by atoms with Crippen LogP contribution in [0.5, 0.6) is 0 Å². The van der Waals surface area contributed by atoms with Gasteiger partial charge in [0.2, 0.25) is 0 Å². The highest BCUT2D eigenvalue weighted by Gasteiger charge is 2.16. The highest BCUT2D eigenvalue weighted by molar-refractivity contribution is 6.19. The summed E-state index contributed by atoms with van der Waals surface area (Å²) in [6.45, 7) is 12.5. The summed E-state index contributed by atoms with van der Waals surface area (Å²) in [7, 11) is 0. The Balaban J connectivity index is 2.35. The summed E-state index contributed by atoms with van der Waals surface area (Å²) in [6, 6.07) is 0. The average molecular weight is 395 g/mol. The van der Waals surface area contributed by atoms with E-state index in [-0.39, 0.29) is 11.6 Å². The molecule has 0 aromatic carbocycles. The lowest BCUT2D eigenvalue weighted by atomic mass is 9.95. The molecule has 0 aliphatic heterocycles. The van der Waals surface area contributed by atoms with Crippen LogP contribution >= 0.6 is 0 Å². The fourth-order valence-electron chi connectivity index (χ4n) is 3.13. The first-order valence-electron chi connectivity index (χ1n) is 10.8. The van der Waals surface area contributed by atoms with Crippen molar-refractivity contribution in [1.29, 1.82) is 0 Å². The Morgan fingerprint density at radius 3 is 1.69 bits per heavy atom. The lowest BCUT2D eigenvalue weighted by Gasteiger charge is -2.08. The van der Waals surface area contributed by atoms with Crippen molar-refractivity contribution in [3.05, 3.63) is 69.9 Å². The fraction of sp³-hybridized carbons (Fsp3) is 0.481. The Hall–Kier alpha value is -2.22. The third-order valence-corrected chi connectivity index (χ3v) is 5.18. The molecule has 2 nitrogen and oxygen atoms in total. The van der Waals surface area contributed by atoms with E-state index in [1.165, 1.54) is 34.4 Å². The zero-order valence-electron chi connectivity index (χ0n) is 19.2. The SMILES string of the molecule is CC(C)=CCCC(C)=CCCC(C)=CCCC(C)=CCC1=CC(=O)C(C)=CC1=O. The Morgan fingerprint density at radius 1 is 0.690 bits per heavy atom. The molecule has 0 spiro atoms. The minimum Gasteiger partial charge on any atom is -0.290 e. The van der Waals surface area contributed by atoms with Crippen molar-refractivity contribution in [2.45, 2.75) is 86.5 Å². The maximum atomic E-state index is 12.0. The second-order valence-electron chi connectivity index (χ2n) is 8.48. The van der Waals surface area contributed by atoms with Crippen LogP contribution in [0.4, 0.5) is 0 Å². The highest BCUT2D eigenvalue weighted by Crippen LogP contribution is 2.18. The number of carbonyl (C=O) groups excluding carboxylic acids is 2. The van der Waals surface area contributed by atoms with Crippen LogP contribution in [0.25, 0.3) is 0 Å². The molecule has 0 radical (unpaired) electrons. The molecule has 2 heteroatoms. The summed E-state index contributed by atoms with van der Waals surface area (Å²) in [5.74, 6) is -0.0865. The molecule has 29 heavy (non-hydrogen) atoms. The lowest BCUT2D eigenvalue weighted by Crippen LogP contribution is -2.11. The molecule has 1 rings (SSSR count). The van der Waals surface area contributed by atoms with Gasteiger partial charge in [0.25, 0.3) is 0 Å². The van der Waals surface area contributed by atoms with Crippen LogP contribution in [0.2, 0.25) is 0 Å². The van der Waals surface area contributed by atoms with E-state index in [1.54, 1.807) is 6.92 Å². The molecule has 0 amide bonds. The largest absolute Gasteiger partial charge is 0.290 e. The van der Waals surface area contributed by atoms with Crippen LogP contribution in [0.15, 0.2) is 69.9 Å². The van der Waals surface area contributed by atoms with E-state index in [4.69, 9.17) is 0 Å². The van der Waals surface area contributed by atoms with Crippen LogP contribution in [0.1, 0.15) is 86.5 Å². The summed E-state index contributed by atoms with van der Waals surface area (Å²) in [4.78, 5) is 23.7. The molecular formula is C27H38O2. The molecule has 0 aromatic heterocycles. The van der Waals surface area contributed by atoms with Crippen LogP contribution in [-0.2, 0) is 9.59 Å². The van der Waals surface area contributed by atoms with Gasteiger partial charge in [-0.25, -0.2) is 0 Å². The first-order valence-corrected chi connectivity index (χ1v) is 10.8. The number of hydrogen-bond acceptors (Lipinski definition) is 2. The Labute approximate surface area is 177 Å². The number of hydrogen-bond donors (Lipinski definition) is 0. The molecule has 1 aliphatic rings. The summed E-state index contributed by atoms with van der Waals surface area (Å²) >= 11 is 0. The average Bonchev–Trinajstić information content (AvgIpc) is 2.63. The first kappa shape index (κ1) is 24.8. The van der Waals surface area contributed by atoms with Gasteiger partial charge in [-0.1, -0.05) is 46.6 Å². The van der Waals surface area contributed by atoms with Gasteiger partial charge in [0.05, 0.1) is 0 Å². The quantitative estimate of drug-likeness (QED) is 0.268. The third-order valence-electron chi connectivity index (χ3n) is 5.18. The topological polar surface area (TPSA) is 34.1 Å². The van der Waals surface area contributed by atoms with Gasteiger partial charge < -0.3 is 0 Å². The molecule has 158 valence electrons. The van der Waals surface area contributed by atoms with Gasteiger partial charge in [-0.15, -0.1) is 0 Å². The molecule has 1 aliphatic carbocycles. The fourth-order valence-corrected chi connectivity index (χ4v) is 3.13. The number of allylic oxidation sites excluding steroid dienone is 12. The normalized spacial score (nSPS) is 16.0. The van der Waals surface area contributed by atoms with Crippen molar-refractivity contribution in [3.63, 3.8) is 0 Å². The molecule has 0 saturated carbocycles. The summed E-state index contributed by atoms with van der Waals surface area (Å²) < 4.78 is 0. The van der Waals surface area contributed by atoms with E-state index in [0.717, 1.165) is 38.5 Å². The van der Waals surface area contributed by atoms with Gasteiger partial charge in [0.1, 0.15) is 0 Å². The third kappa shape index (κ3) is 10.8. The smallest absolute Gasteiger partial charge is 0.182 e. The summed E-state index contributed by atoms with van der Waals surface area (Å²) in [5.41, 5.74) is 6.68. The van der Waals surface area contributed by atoms with E-state index >= 15 is 0 Å². The van der Waals surface area contributed by atoms with E-state index in [0.29, 0.717) is 17.6 Å². The highest BCUT2D eigenvalue weighted by atomic mass is 16.1. The molecule has 0 aromatic rings. The Kier molecular flexibility index (Phi) is 11.2. The van der Waals surface area contributed by atoms with E-state index < -0.39 is 0 Å². The minimum atomic E-state index is -0.0505. The van der Waals surface area contributed by atoms with Gasteiger partial charge in [0, 0.05) is 11.1 Å². The van der Waals surface area contributed by atoms with Crippen molar-refractivity contribution in [3.8, 4) is 0 Å². The van der Waals surface area contributed by atoms with Crippen molar-refractivity contribution in [1.82, 2.24) is 0 Å². The van der Waals surface area contributed by atoms with E-state index in [2.05, 4.69) is 58.9 Å². The van der Waals surface area contributed by atoms with Gasteiger partial charge >= 0.3 is 0 Å². The van der Waals surface area contributed by atoms with Crippen LogP contribution in [-0.4, -0.2) is 11.6 Å². The van der Waals surface area contributed by atoms with E-state index in [9.17, 15) is 9.59 Å². The Bertz CT molecular complexity index is 775. The standard InChI is InChI=1S/C27H38O2/c1-20(2)10-7-11-21(3)12-8-13-22(4)14-9-15-23(5)16-17-25-19-26(28)24(6)18-27(25)29/h10,12,14,16,18-19H,7-9,11,13,15,17H2,1-6H3. The van der Waals surface area contributed by atoms with Crippen molar-refractivity contribution < 1.29 is 9.59 Å². The van der Waals surface area contributed by atoms with Gasteiger partial charge in [-0.3, -0.25) is 9.59 Å². The maximum Gasteiger partial charge on any atom is 0.182 e. The van der Waals surface area contributed by atoms with Gasteiger partial charge in [0.15, 0.2) is 11.6 Å². The lowest BCUT2D eigenvalue weighted by molar-refractivity contribution is -0.115. The van der Waals surface area contributed by atoms with Crippen LogP contribution < -0.4 is 0 Å². The summed E-state index contributed by atoms with van der Waals surface area (Å²) in [5, 5.41) is 0. The molecule has 0 atom stereocenters. The molecule has 0 fully saturated rings. The Morgan fingerprint density at radius 2 is 1.17 bits per heavy atom. The molecule has 0 bridgehead atoms. The molecule has 0 N–H and O–H groups in total. The zero-order chi connectivity index (χ0) is 21.8. The monoisotopic (exact) mass is 394 g/mol. The van der Waals surface area contributed by atoms with Crippen molar-refractivity contribution in [2.75, 3.05) is 0 Å². The minimum absolute atomic E-state index is 0.0360. The van der Waals surface area contributed by atoms with Crippen molar-refractivity contribution in [2.24, 2.45) is 0 Å². The molecule has 0 heterocycles. The van der Waals surface area contributed by atoms with Crippen molar-refractivity contribution >= 4 is 11.6 Å². The predicted octanol–water partition coefficient (Wildman–Crippen LogP) is 7.55. The second kappa shape index (κ2) is 13.1. The van der Waals surface area contributed by atoms with Crippen LogP contribution in [0.3, 0.4) is 0 Å². The van der Waals surface area contributed by atoms with Crippen LogP contribution in [0, 0.1) is 0 Å². The summed E-state index contributed by atoms with van der Waals surface area (Å²) in [6.07, 6.45) is 19.1. The first-order chi connectivity index (χ1) is 13.7. The predicted molar refractivity (Wildman–Crippen MR) is 125 cm³/mol. The zero-order valence-corrected chi connectivity index (χ0v) is 19.2. The number of ketones is 2. The maximum absolute atomic E-state index is 12.0. The number of carbonyl (C=O) groups is 2. The molecule has 0 saturated heterocycles.